The fourth-order valence-electron chi connectivity index (χ4n) is 0.232. The molecule has 0 aliphatic heterocycles. The molecule has 3 nitrogen and oxygen atoms in total. The Bertz CT molecular complexity index is 113. The summed E-state index contributed by atoms with van der Waals surface area (Å²) in [5.41, 5.74) is 0. The van der Waals surface area contributed by atoms with Gasteiger partial charge in [-0.15, -0.1) is 0 Å². The first-order valence-corrected chi connectivity index (χ1v) is 2.38. The molecule has 0 N–H and O–H groups in total. The van der Waals surface area contributed by atoms with Gasteiger partial charge in [0.05, 0.1) is 0 Å². The third kappa shape index (κ3) is 11.9. The summed E-state index contributed by atoms with van der Waals surface area (Å²) in [6, 6.07) is 0. The van der Waals surface area contributed by atoms with Gasteiger partial charge in [0.15, 0.2) is 0 Å². The molecule has 0 heterocycles. The summed E-state index contributed by atoms with van der Waals surface area (Å²) in [5, 5.41) is 0. The fourth-order valence-corrected chi connectivity index (χ4v) is 0.232. The van der Waals surface area contributed by atoms with E-state index in [0.29, 0.717) is 0 Å². The van der Waals surface area contributed by atoms with Crippen molar-refractivity contribution in [2.75, 3.05) is 0 Å². The molecule has 0 aromatic carbocycles. The van der Waals surface area contributed by atoms with Crippen molar-refractivity contribution in [3.63, 3.8) is 0 Å². The summed E-state index contributed by atoms with van der Waals surface area (Å²) >= 11 is 0. The number of carbonyl (C=O) groups is 2. The molecular formula is C5H10Na2O3. The van der Waals surface area contributed by atoms with Crippen molar-refractivity contribution in [3.8, 4) is 0 Å². The van der Waals surface area contributed by atoms with Gasteiger partial charge in [0.1, 0.15) is 0 Å². The number of hydrogen-bond acceptors (Lipinski definition) is 3. The van der Waals surface area contributed by atoms with Crippen molar-refractivity contribution >= 4 is 71.1 Å². The van der Waals surface area contributed by atoms with E-state index in [0.717, 1.165) is 0 Å². The third-order valence-corrected chi connectivity index (χ3v) is 0.546. The minimum absolute atomic E-state index is 0. The van der Waals surface area contributed by atoms with E-state index in [-0.39, 0.29) is 65.5 Å². The van der Waals surface area contributed by atoms with Gasteiger partial charge in [-0.3, -0.25) is 9.59 Å². The van der Waals surface area contributed by atoms with E-state index in [1.807, 2.05) is 0 Å². The molecule has 0 atom stereocenters. The van der Waals surface area contributed by atoms with E-state index in [9.17, 15) is 9.59 Å². The van der Waals surface area contributed by atoms with Crippen molar-refractivity contribution < 1.29 is 14.3 Å². The van der Waals surface area contributed by atoms with Crippen LogP contribution in [0, 0.1) is 0 Å². The SMILES string of the molecule is CCC(=O)OC(C)=O.[NaH].[NaH]. The molecule has 0 aromatic rings. The van der Waals surface area contributed by atoms with Gasteiger partial charge in [0.2, 0.25) is 0 Å². The fraction of sp³-hybridized carbons (Fsp3) is 0.600. The maximum absolute atomic E-state index is 10.2. The van der Waals surface area contributed by atoms with Crippen LogP contribution in [-0.4, -0.2) is 71.1 Å². The molecule has 0 rings (SSSR count). The van der Waals surface area contributed by atoms with E-state index >= 15 is 0 Å². The van der Waals surface area contributed by atoms with Crippen LogP contribution in [0.4, 0.5) is 0 Å². The van der Waals surface area contributed by atoms with E-state index in [2.05, 4.69) is 4.74 Å². The summed E-state index contributed by atoms with van der Waals surface area (Å²) in [4.78, 5) is 20.1. The quantitative estimate of drug-likeness (QED) is 0.289. The molecule has 0 amide bonds. The average Bonchev–Trinajstić information content (AvgIpc) is 1.65. The van der Waals surface area contributed by atoms with Crippen molar-refractivity contribution in [2.24, 2.45) is 0 Å². The second kappa shape index (κ2) is 10.1. The third-order valence-electron chi connectivity index (χ3n) is 0.546. The molecule has 0 bridgehead atoms. The first kappa shape index (κ1) is 17.3. The standard InChI is InChI=1S/C5H8O3.2Na.2H/c1-3-5(7)8-4(2)6;;;;/h3H2,1-2H3;;;;. The molecule has 0 saturated heterocycles. The number of esters is 2. The zero-order valence-electron chi connectivity index (χ0n) is 4.93. The van der Waals surface area contributed by atoms with Crippen LogP contribution in [0.2, 0.25) is 0 Å². The Kier molecular flexibility index (Phi) is 17.5. The molecule has 10 heavy (non-hydrogen) atoms. The Morgan fingerprint density at radius 2 is 1.70 bits per heavy atom. The summed E-state index contributed by atoms with van der Waals surface area (Å²) in [7, 11) is 0. The van der Waals surface area contributed by atoms with Gasteiger partial charge < -0.3 is 4.74 Å². The van der Waals surface area contributed by atoms with Gasteiger partial charge in [-0.2, -0.15) is 0 Å². The Morgan fingerprint density at radius 3 is 1.80 bits per heavy atom. The number of rotatable bonds is 1. The Balaban J connectivity index is -0.000000245. The molecule has 50 valence electrons. The van der Waals surface area contributed by atoms with Gasteiger partial charge in [-0.25, -0.2) is 0 Å². The second-order valence-electron chi connectivity index (χ2n) is 1.32. The van der Waals surface area contributed by atoms with Crippen LogP contribution in [0.5, 0.6) is 0 Å². The first-order chi connectivity index (χ1) is 3.66. The average molecular weight is 164 g/mol. The van der Waals surface area contributed by atoms with Gasteiger partial charge in [-0.1, -0.05) is 6.92 Å². The topological polar surface area (TPSA) is 43.4 Å². The Hall–Kier alpha value is 1.14. The summed E-state index contributed by atoms with van der Waals surface area (Å²) < 4.78 is 4.12. The predicted molar refractivity (Wildman–Crippen MR) is 41.4 cm³/mol. The molecule has 0 aliphatic carbocycles. The van der Waals surface area contributed by atoms with Crippen molar-refractivity contribution in [1.29, 1.82) is 0 Å². The number of hydrogen-bond donors (Lipinski definition) is 0. The first-order valence-electron chi connectivity index (χ1n) is 2.38. The van der Waals surface area contributed by atoms with E-state index in [4.69, 9.17) is 0 Å². The molecule has 0 aromatic heterocycles. The van der Waals surface area contributed by atoms with Crippen LogP contribution in [0.25, 0.3) is 0 Å². The van der Waals surface area contributed by atoms with Gasteiger partial charge in [0, 0.05) is 13.3 Å². The summed E-state index contributed by atoms with van der Waals surface area (Å²) in [6.07, 6.45) is 0.250. The van der Waals surface area contributed by atoms with Crippen molar-refractivity contribution in [2.45, 2.75) is 20.3 Å². The van der Waals surface area contributed by atoms with Crippen LogP contribution >= 0.6 is 0 Å². The molecule has 0 aliphatic rings. The molecule has 0 radical (unpaired) electrons. The van der Waals surface area contributed by atoms with E-state index in [1.165, 1.54) is 6.92 Å². The van der Waals surface area contributed by atoms with Crippen LogP contribution < -0.4 is 0 Å². The van der Waals surface area contributed by atoms with Crippen LogP contribution in [0.1, 0.15) is 20.3 Å². The Labute approximate surface area is 104 Å². The summed E-state index contributed by atoms with van der Waals surface area (Å²) in [5.74, 6) is -1.02. The molecular weight excluding hydrogens is 154 g/mol. The van der Waals surface area contributed by atoms with Crippen LogP contribution in [0.3, 0.4) is 0 Å². The maximum atomic E-state index is 10.2. The molecule has 0 spiro atoms. The van der Waals surface area contributed by atoms with Gasteiger partial charge >= 0.3 is 71.1 Å². The second-order valence-corrected chi connectivity index (χ2v) is 1.32. The predicted octanol–water partition coefficient (Wildman–Crippen LogP) is -0.811. The van der Waals surface area contributed by atoms with Crippen molar-refractivity contribution in [1.82, 2.24) is 0 Å². The molecule has 0 unspecified atom stereocenters. The number of ether oxygens (including phenoxy) is 1. The summed E-state index contributed by atoms with van der Waals surface area (Å²) in [6.45, 7) is 2.83. The van der Waals surface area contributed by atoms with E-state index < -0.39 is 11.9 Å². The van der Waals surface area contributed by atoms with Gasteiger partial charge in [0.25, 0.3) is 0 Å². The minimum atomic E-state index is -0.545. The normalized spacial score (nSPS) is 6.60. The van der Waals surface area contributed by atoms with Crippen LogP contribution in [-0.2, 0) is 14.3 Å². The Morgan fingerprint density at radius 1 is 1.30 bits per heavy atom. The van der Waals surface area contributed by atoms with Gasteiger partial charge in [-0.05, 0) is 0 Å². The number of carbonyl (C=O) groups excluding carboxylic acids is 2. The zero-order chi connectivity index (χ0) is 6.57. The molecule has 5 heteroatoms. The van der Waals surface area contributed by atoms with E-state index in [1.54, 1.807) is 6.92 Å². The monoisotopic (exact) mass is 164 g/mol. The van der Waals surface area contributed by atoms with Crippen LogP contribution in [0.15, 0.2) is 0 Å². The molecule has 0 fully saturated rings. The van der Waals surface area contributed by atoms with Crippen molar-refractivity contribution in [3.05, 3.63) is 0 Å². The zero-order valence-corrected chi connectivity index (χ0v) is 4.93. The molecule has 0 saturated carbocycles.